The molecule has 202 valence electrons. The average molecular weight is 546 g/mol. The number of anilines is 2. The molecule has 0 unspecified atom stereocenters. The van der Waals surface area contributed by atoms with Gasteiger partial charge in [0.25, 0.3) is 11.5 Å². The molecule has 0 aliphatic rings. The van der Waals surface area contributed by atoms with Crippen LogP contribution >= 0.6 is 0 Å². The standard InChI is InChI=1S/C28H22F3N7O2/c1-16-8-9-20(35-25(39)18-6-3-7-19(11-18)28(29,30)31)12-21(16)23-26(40)38(2)24-22(36-23)15-34-27(37-24)33-14-17-5-4-10-32-13-17/h3-13,15H,14H2,1-2H3,(H,35,39)(H,33,34,37). The molecule has 0 atom stereocenters. The van der Waals surface area contributed by atoms with Gasteiger partial charge in [-0.2, -0.15) is 18.2 Å². The van der Waals surface area contributed by atoms with E-state index in [1.165, 1.54) is 22.9 Å². The number of pyridine rings is 1. The van der Waals surface area contributed by atoms with Gasteiger partial charge in [-0.05, 0) is 54.4 Å². The molecule has 0 fully saturated rings. The number of benzene rings is 2. The molecule has 0 aliphatic heterocycles. The van der Waals surface area contributed by atoms with E-state index in [0.29, 0.717) is 34.8 Å². The second-order valence-corrected chi connectivity index (χ2v) is 9.00. The van der Waals surface area contributed by atoms with Crippen LogP contribution in [0.3, 0.4) is 0 Å². The molecular weight excluding hydrogens is 523 g/mol. The molecule has 9 nitrogen and oxygen atoms in total. The SMILES string of the molecule is Cc1ccc(NC(=O)c2cccc(C(F)(F)F)c2)cc1-c1nc2cnc(NCc3cccnc3)nc2n(C)c1=O. The zero-order chi connectivity index (χ0) is 28.4. The van der Waals surface area contributed by atoms with E-state index < -0.39 is 23.2 Å². The summed E-state index contributed by atoms with van der Waals surface area (Å²) in [5.74, 6) is -0.406. The zero-order valence-electron chi connectivity index (χ0n) is 21.3. The van der Waals surface area contributed by atoms with E-state index in [1.807, 2.05) is 12.1 Å². The lowest BCUT2D eigenvalue weighted by atomic mass is 10.0. The van der Waals surface area contributed by atoms with Gasteiger partial charge in [0.15, 0.2) is 5.65 Å². The number of hydrogen-bond acceptors (Lipinski definition) is 7. The smallest absolute Gasteiger partial charge is 0.350 e. The normalized spacial score (nSPS) is 11.4. The first-order valence-corrected chi connectivity index (χ1v) is 12.1. The van der Waals surface area contributed by atoms with Crippen LogP contribution in [0.25, 0.3) is 22.4 Å². The summed E-state index contributed by atoms with van der Waals surface area (Å²) in [5, 5.41) is 5.70. The average Bonchev–Trinajstić information content (AvgIpc) is 2.95. The fourth-order valence-corrected chi connectivity index (χ4v) is 4.05. The molecule has 0 aliphatic carbocycles. The summed E-state index contributed by atoms with van der Waals surface area (Å²) in [6, 6.07) is 12.7. The lowest BCUT2D eigenvalue weighted by Crippen LogP contribution is -2.22. The molecule has 5 rings (SSSR count). The fourth-order valence-electron chi connectivity index (χ4n) is 4.05. The predicted molar refractivity (Wildman–Crippen MR) is 144 cm³/mol. The number of alkyl halides is 3. The Kier molecular flexibility index (Phi) is 6.99. The monoisotopic (exact) mass is 545 g/mol. The summed E-state index contributed by atoms with van der Waals surface area (Å²) < 4.78 is 40.6. The van der Waals surface area contributed by atoms with E-state index in [9.17, 15) is 22.8 Å². The molecule has 2 aromatic carbocycles. The Morgan fingerprint density at radius 2 is 1.85 bits per heavy atom. The minimum Gasteiger partial charge on any atom is -0.350 e. The van der Waals surface area contributed by atoms with Crippen molar-refractivity contribution in [1.82, 2.24) is 24.5 Å². The lowest BCUT2D eigenvalue weighted by molar-refractivity contribution is -0.137. The van der Waals surface area contributed by atoms with E-state index in [0.717, 1.165) is 17.7 Å². The van der Waals surface area contributed by atoms with Crippen molar-refractivity contribution >= 4 is 28.7 Å². The molecule has 3 heterocycles. The molecule has 0 spiro atoms. The molecular formula is C28H22F3N7O2. The third-order valence-corrected chi connectivity index (χ3v) is 6.18. The molecule has 2 N–H and O–H groups in total. The maximum Gasteiger partial charge on any atom is 0.416 e. The van der Waals surface area contributed by atoms with Crippen molar-refractivity contribution < 1.29 is 18.0 Å². The van der Waals surface area contributed by atoms with Crippen LogP contribution in [-0.4, -0.2) is 30.4 Å². The van der Waals surface area contributed by atoms with Crippen LogP contribution in [-0.2, 0) is 19.8 Å². The van der Waals surface area contributed by atoms with Crippen LogP contribution < -0.4 is 16.2 Å². The Labute approximate surface area is 225 Å². The van der Waals surface area contributed by atoms with E-state index >= 15 is 0 Å². The van der Waals surface area contributed by atoms with Gasteiger partial charge >= 0.3 is 6.18 Å². The summed E-state index contributed by atoms with van der Waals surface area (Å²) in [4.78, 5) is 43.4. The summed E-state index contributed by atoms with van der Waals surface area (Å²) >= 11 is 0. The van der Waals surface area contributed by atoms with Crippen LogP contribution in [0.5, 0.6) is 0 Å². The van der Waals surface area contributed by atoms with E-state index in [1.54, 1.807) is 44.6 Å². The quantitative estimate of drug-likeness (QED) is 0.309. The lowest BCUT2D eigenvalue weighted by Gasteiger charge is -2.13. The topological polar surface area (TPSA) is 115 Å². The first-order valence-electron chi connectivity index (χ1n) is 12.1. The van der Waals surface area contributed by atoms with E-state index in [-0.39, 0.29) is 16.9 Å². The molecule has 0 bridgehead atoms. The van der Waals surface area contributed by atoms with Gasteiger partial charge in [0.05, 0.1) is 11.8 Å². The number of amides is 1. The van der Waals surface area contributed by atoms with Gasteiger partial charge in [-0.25, -0.2) is 9.97 Å². The number of rotatable bonds is 6. The molecule has 1 amide bonds. The van der Waals surface area contributed by atoms with E-state index in [2.05, 4.69) is 30.6 Å². The largest absolute Gasteiger partial charge is 0.416 e. The number of aromatic nitrogens is 5. The van der Waals surface area contributed by atoms with E-state index in [4.69, 9.17) is 0 Å². The highest BCUT2D eigenvalue weighted by atomic mass is 19.4. The third-order valence-electron chi connectivity index (χ3n) is 6.18. The van der Waals surface area contributed by atoms with Crippen LogP contribution in [0, 0.1) is 6.92 Å². The minimum absolute atomic E-state index is 0.113. The second kappa shape index (κ2) is 10.6. The number of carbonyl (C=O) groups excluding carboxylic acids is 1. The number of fused-ring (bicyclic) bond motifs is 1. The molecule has 12 heteroatoms. The zero-order valence-corrected chi connectivity index (χ0v) is 21.3. The minimum atomic E-state index is -4.57. The highest BCUT2D eigenvalue weighted by molar-refractivity contribution is 6.04. The van der Waals surface area contributed by atoms with Gasteiger partial charge in [-0.15, -0.1) is 0 Å². The van der Waals surface area contributed by atoms with Crippen molar-refractivity contribution in [2.75, 3.05) is 10.6 Å². The van der Waals surface area contributed by atoms with Crippen LogP contribution in [0.2, 0.25) is 0 Å². The maximum atomic E-state index is 13.3. The Morgan fingerprint density at radius 3 is 2.60 bits per heavy atom. The summed E-state index contributed by atoms with van der Waals surface area (Å²) in [7, 11) is 1.57. The second-order valence-electron chi connectivity index (χ2n) is 9.00. The number of halogens is 3. The van der Waals surface area contributed by atoms with Crippen LogP contribution in [0.1, 0.15) is 27.0 Å². The number of hydrogen-bond donors (Lipinski definition) is 2. The van der Waals surface area contributed by atoms with Gasteiger partial charge in [0.2, 0.25) is 5.95 Å². The fraction of sp³-hybridized carbons (Fsp3) is 0.143. The molecule has 3 aromatic heterocycles. The first-order chi connectivity index (χ1) is 19.1. The van der Waals surface area contributed by atoms with Gasteiger partial charge in [-0.3, -0.25) is 19.1 Å². The third kappa shape index (κ3) is 5.51. The highest BCUT2D eigenvalue weighted by Gasteiger charge is 2.31. The molecule has 40 heavy (non-hydrogen) atoms. The Hall–Kier alpha value is -5.13. The summed E-state index contributed by atoms with van der Waals surface area (Å²) in [6.45, 7) is 2.22. The van der Waals surface area contributed by atoms with Crippen LogP contribution in [0.4, 0.5) is 24.8 Å². The maximum absolute atomic E-state index is 13.3. The van der Waals surface area contributed by atoms with Crippen molar-refractivity contribution in [3.05, 3.63) is 106 Å². The number of nitrogens with one attached hydrogen (secondary N) is 2. The van der Waals surface area contributed by atoms with Crippen molar-refractivity contribution in [2.45, 2.75) is 19.6 Å². The summed E-state index contributed by atoms with van der Waals surface area (Å²) in [5.41, 5.74) is 1.69. The first kappa shape index (κ1) is 26.5. The van der Waals surface area contributed by atoms with Gasteiger partial charge in [-0.1, -0.05) is 18.2 Å². The number of nitrogens with zero attached hydrogens (tertiary/aromatic N) is 5. The molecule has 0 saturated heterocycles. The highest BCUT2D eigenvalue weighted by Crippen LogP contribution is 2.30. The predicted octanol–water partition coefficient (Wildman–Crippen LogP) is 4.98. The van der Waals surface area contributed by atoms with Gasteiger partial charge < -0.3 is 10.6 Å². The van der Waals surface area contributed by atoms with Gasteiger partial charge in [0, 0.05) is 42.8 Å². The summed E-state index contributed by atoms with van der Waals surface area (Å²) in [6.07, 6.45) is 0.327. The van der Waals surface area contributed by atoms with Crippen molar-refractivity contribution in [1.29, 1.82) is 0 Å². The van der Waals surface area contributed by atoms with Crippen molar-refractivity contribution in [3.8, 4) is 11.3 Å². The Bertz CT molecular complexity index is 1790. The number of carbonyl (C=O) groups is 1. The number of aryl methyl sites for hydroxylation is 2. The Balaban J connectivity index is 1.44. The van der Waals surface area contributed by atoms with Crippen molar-refractivity contribution in [2.24, 2.45) is 7.05 Å². The van der Waals surface area contributed by atoms with Gasteiger partial charge in [0.1, 0.15) is 11.2 Å². The van der Waals surface area contributed by atoms with Crippen molar-refractivity contribution in [3.63, 3.8) is 0 Å². The molecule has 0 radical (unpaired) electrons. The Morgan fingerprint density at radius 1 is 1.02 bits per heavy atom. The molecule has 5 aromatic rings. The molecule has 0 saturated carbocycles. The van der Waals surface area contributed by atoms with Crippen LogP contribution in [0.15, 0.2) is 78.0 Å².